The largest absolute Gasteiger partial charge is 0.399 e. The topological polar surface area (TPSA) is 43.8 Å². The van der Waals surface area contributed by atoms with Gasteiger partial charge in [0.15, 0.2) is 0 Å². The van der Waals surface area contributed by atoms with Crippen LogP contribution in [0.4, 0.5) is 5.69 Å². The molecule has 2 N–H and O–H groups in total. The van der Waals surface area contributed by atoms with Crippen LogP contribution in [0, 0.1) is 0 Å². The number of hydrogen-bond acceptors (Lipinski definition) is 2. The van der Waals surface area contributed by atoms with Crippen molar-refractivity contribution < 1.29 is 0 Å². The number of fused-ring (bicyclic) bond motifs is 1. The number of aryl methyl sites for hydroxylation is 3. The van der Waals surface area contributed by atoms with Crippen molar-refractivity contribution in [3.8, 4) is 0 Å². The first-order valence-corrected chi connectivity index (χ1v) is 7.56. The zero-order valence-electron chi connectivity index (χ0n) is 12.4. The zero-order chi connectivity index (χ0) is 14.7. The first-order valence-electron chi connectivity index (χ1n) is 7.56. The highest BCUT2D eigenvalue weighted by Gasteiger charge is 2.10. The molecule has 3 rings (SSSR count). The maximum atomic E-state index is 5.87. The maximum absolute atomic E-state index is 5.87. The normalized spacial score (nSPS) is 11.1. The number of anilines is 1. The van der Waals surface area contributed by atoms with Crippen molar-refractivity contribution in [3.63, 3.8) is 0 Å². The van der Waals surface area contributed by atoms with Crippen LogP contribution in [0.5, 0.6) is 0 Å². The van der Waals surface area contributed by atoms with E-state index < -0.39 is 0 Å². The fraction of sp³-hybridized carbons (Fsp3) is 0.278. The third kappa shape index (κ3) is 2.92. The Morgan fingerprint density at radius 3 is 2.62 bits per heavy atom. The molecule has 0 radical (unpaired) electrons. The number of nitrogen functional groups attached to an aromatic ring is 1. The summed E-state index contributed by atoms with van der Waals surface area (Å²) in [5.74, 6) is 1.16. The van der Waals surface area contributed by atoms with Crippen LogP contribution in [0.1, 0.15) is 24.7 Å². The van der Waals surface area contributed by atoms with E-state index in [2.05, 4.69) is 47.9 Å². The summed E-state index contributed by atoms with van der Waals surface area (Å²) >= 11 is 0. The van der Waals surface area contributed by atoms with Gasteiger partial charge in [0.05, 0.1) is 11.0 Å². The van der Waals surface area contributed by atoms with Crippen LogP contribution in [-0.4, -0.2) is 9.55 Å². The number of hydrogen-bond donors (Lipinski definition) is 1. The van der Waals surface area contributed by atoms with Gasteiger partial charge in [-0.3, -0.25) is 0 Å². The van der Waals surface area contributed by atoms with E-state index in [-0.39, 0.29) is 0 Å². The van der Waals surface area contributed by atoms with Gasteiger partial charge in [0.25, 0.3) is 0 Å². The Hall–Kier alpha value is -2.29. The number of aromatic nitrogens is 2. The highest BCUT2D eigenvalue weighted by molar-refractivity contribution is 5.79. The van der Waals surface area contributed by atoms with Crippen molar-refractivity contribution in [2.24, 2.45) is 0 Å². The molecule has 0 spiro atoms. The molecule has 0 fully saturated rings. The molecule has 0 saturated heterocycles. The lowest BCUT2D eigenvalue weighted by atomic mass is 10.1. The van der Waals surface area contributed by atoms with E-state index in [0.29, 0.717) is 0 Å². The summed E-state index contributed by atoms with van der Waals surface area (Å²) < 4.78 is 2.34. The molecule has 3 nitrogen and oxygen atoms in total. The number of nitrogens with two attached hydrogens (primary N) is 1. The fourth-order valence-electron chi connectivity index (χ4n) is 2.75. The van der Waals surface area contributed by atoms with Crippen LogP contribution < -0.4 is 5.73 Å². The molecule has 3 heteroatoms. The Balaban J connectivity index is 1.93. The molecule has 0 aliphatic rings. The van der Waals surface area contributed by atoms with E-state index >= 15 is 0 Å². The lowest BCUT2D eigenvalue weighted by Gasteiger charge is -2.09. The van der Waals surface area contributed by atoms with Gasteiger partial charge in [-0.2, -0.15) is 0 Å². The number of nitrogens with zero attached hydrogens (tertiary/aromatic N) is 2. The Bertz CT molecular complexity index is 729. The predicted octanol–water partition coefficient (Wildman–Crippen LogP) is 3.81. The van der Waals surface area contributed by atoms with Crippen molar-refractivity contribution in [1.29, 1.82) is 0 Å². The lowest BCUT2D eigenvalue weighted by molar-refractivity contribution is 0.659. The molecule has 2 aromatic carbocycles. The van der Waals surface area contributed by atoms with Gasteiger partial charge in [-0.25, -0.2) is 4.98 Å². The van der Waals surface area contributed by atoms with Gasteiger partial charge < -0.3 is 10.3 Å². The van der Waals surface area contributed by atoms with Gasteiger partial charge in [-0.15, -0.1) is 0 Å². The van der Waals surface area contributed by atoms with Gasteiger partial charge in [0.1, 0.15) is 5.82 Å². The van der Waals surface area contributed by atoms with E-state index in [0.717, 1.165) is 42.8 Å². The third-order valence-electron chi connectivity index (χ3n) is 3.79. The summed E-state index contributed by atoms with van der Waals surface area (Å²) in [5, 5.41) is 0. The van der Waals surface area contributed by atoms with Crippen LogP contribution in [0.25, 0.3) is 11.0 Å². The standard InChI is InChI=1S/C18H21N3/c1-2-6-18-20-16-13-15(19)9-10-17(16)21(18)12-11-14-7-4-3-5-8-14/h3-5,7-10,13H,2,6,11-12,19H2,1H3. The molecule has 1 aromatic heterocycles. The Kier molecular flexibility index (Phi) is 3.91. The van der Waals surface area contributed by atoms with Crippen LogP contribution in [-0.2, 0) is 19.4 Å². The van der Waals surface area contributed by atoms with E-state index in [4.69, 9.17) is 10.7 Å². The molecule has 21 heavy (non-hydrogen) atoms. The maximum Gasteiger partial charge on any atom is 0.109 e. The SMILES string of the molecule is CCCc1nc2cc(N)ccc2n1CCc1ccccc1. The van der Waals surface area contributed by atoms with Gasteiger partial charge in [0, 0.05) is 18.7 Å². The molecule has 0 atom stereocenters. The van der Waals surface area contributed by atoms with Crippen molar-refractivity contribution in [2.75, 3.05) is 5.73 Å². The predicted molar refractivity (Wildman–Crippen MR) is 88.3 cm³/mol. The van der Waals surface area contributed by atoms with E-state index in [1.54, 1.807) is 0 Å². The van der Waals surface area contributed by atoms with E-state index in [1.807, 2.05) is 12.1 Å². The molecule has 1 heterocycles. The molecular formula is C18H21N3. The van der Waals surface area contributed by atoms with Crippen molar-refractivity contribution in [2.45, 2.75) is 32.7 Å². The minimum Gasteiger partial charge on any atom is -0.399 e. The second-order valence-electron chi connectivity index (χ2n) is 5.41. The average Bonchev–Trinajstić information content (AvgIpc) is 2.83. The van der Waals surface area contributed by atoms with E-state index in [9.17, 15) is 0 Å². The summed E-state index contributed by atoms with van der Waals surface area (Å²) in [7, 11) is 0. The first kappa shape index (κ1) is 13.7. The molecule has 0 saturated carbocycles. The summed E-state index contributed by atoms with van der Waals surface area (Å²) in [4.78, 5) is 4.76. The van der Waals surface area contributed by atoms with Crippen molar-refractivity contribution >= 4 is 16.7 Å². The quantitative estimate of drug-likeness (QED) is 0.722. The minimum atomic E-state index is 0.776. The molecule has 0 unspecified atom stereocenters. The number of benzene rings is 2. The minimum absolute atomic E-state index is 0.776. The lowest BCUT2D eigenvalue weighted by Crippen LogP contribution is -2.06. The van der Waals surface area contributed by atoms with E-state index in [1.165, 1.54) is 11.1 Å². The Labute approximate surface area is 125 Å². The third-order valence-corrected chi connectivity index (χ3v) is 3.79. The molecule has 108 valence electrons. The summed E-state index contributed by atoms with van der Waals surface area (Å²) in [6.45, 7) is 3.15. The van der Waals surface area contributed by atoms with Crippen LogP contribution in [0.2, 0.25) is 0 Å². The highest BCUT2D eigenvalue weighted by atomic mass is 15.1. The van der Waals surface area contributed by atoms with Gasteiger partial charge in [-0.05, 0) is 36.6 Å². The number of rotatable bonds is 5. The monoisotopic (exact) mass is 279 g/mol. The number of imidazole rings is 1. The summed E-state index contributed by atoms with van der Waals surface area (Å²) in [5.41, 5.74) is 10.2. The Morgan fingerprint density at radius 2 is 1.86 bits per heavy atom. The first-order chi connectivity index (χ1) is 10.3. The average molecular weight is 279 g/mol. The van der Waals surface area contributed by atoms with Gasteiger partial charge >= 0.3 is 0 Å². The second-order valence-corrected chi connectivity index (χ2v) is 5.41. The summed E-state index contributed by atoms with van der Waals surface area (Å²) in [6.07, 6.45) is 3.13. The Morgan fingerprint density at radius 1 is 1.05 bits per heavy atom. The van der Waals surface area contributed by atoms with Gasteiger partial charge in [0.2, 0.25) is 0 Å². The zero-order valence-corrected chi connectivity index (χ0v) is 12.4. The molecule has 3 aromatic rings. The van der Waals surface area contributed by atoms with Crippen LogP contribution in [0.3, 0.4) is 0 Å². The second kappa shape index (κ2) is 6.00. The molecule has 0 aliphatic heterocycles. The molecule has 0 bridgehead atoms. The van der Waals surface area contributed by atoms with Crippen molar-refractivity contribution in [1.82, 2.24) is 9.55 Å². The fourth-order valence-corrected chi connectivity index (χ4v) is 2.75. The van der Waals surface area contributed by atoms with Crippen molar-refractivity contribution in [3.05, 3.63) is 59.9 Å². The highest BCUT2D eigenvalue weighted by Crippen LogP contribution is 2.20. The summed E-state index contributed by atoms with van der Waals surface area (Å²) in [6, 6.07) is 16.6. The molecule has 0 amide bonds. The molecular weight excluding hydrogens is 258 g/mol. The van der Waals surface area contributed by atoms with Gasteiger partial charge in [-0.1, -0.05) is 37.3 Å². The smallest absolute Gasteiger partial charge is 0.109 e. The molecule has 0 aliphatic carbocycles. The van der Waals surface area contributed by atoms with Crippen LogP contribution in [0.15, 0.2) is 48.5 Å². The van der Waals surface area contributed by atoms with Crippen LogP contribution >= 0.6 is 0 Å².